The van der Waals surface area contributed by atoms with Crippen LogP contribution in [0.1, 0.15) is 5.56 Å². The first-order valence-electron chi connectivity index (χ1n) is 2.73. The van der Waals surface area contributed by atoms with Crippen molar-refractivity contribution in [3.63, 3.8) is 0 Å². The number of alkyl halides is 3. The molecule has 0 saturated heterocycles. The van der Waals surface area contributed by atoms with Crippen molar-refractivity contribution in [3.8, 4) is 0 Å². The lowest BCUT2D eigenvalue weighted by molar-refractivity contribution is -0.137. The number of halogens is 4. The van der Waals surface area contributed by atoms with Gasteiger partial charge in [-0.2, -0.15) is 13.2 Å². The average Bonchev–Trinajstić information content (AvgIpc) is 1.88. The van der Waals surface area contributed by atoms with Crippen LogP contribution in [0.3, 0.4) is 0 Å². The average molecular weight is 227 g/mol. The van der Waals surface area contributed by atoms with Gasteiger partial charge in [0, 0.05) is 0 Å². The van der Waals surface area contributed by atoms with E-state index in [-0.39, 0.29) is 17.0 Å². The molecule has 0 aliphatic rings. The minimum Gasteiger partial charge on any atom is -0.166 e. The van der Waals surface area contributed by atoms with Crippen molar-refractivity contribution in [2.24, 2.45) is 0 Å². The van der Waals surface area contributed by atoms with E-state index in [0.717, 1.165) is 12.1 Å². The van der Waals surface area contributed by atoms with Crippen LogP contribution in [-0.4, -0.2) is 0 Å². The van der Waals surface area contributed by atoms with E-state index in [1.807, 2.05) is 0 Å². The third kappa shape index (κ3) is 2.93. The van der Waals surface area contributed by atoms with Crippen LogP contribution in [0.2, 0.25) is 0 Å². The Labute approximate surface area is 72.8 Å². The number of benzene rings is 1. The summed E-state index contributed by atoms with van der Waals surface area (Å²) in [5.41, 5.74) is -0.602. The van der Waals surface area contributed by atoms with Crippen LogP contribution in [0.25, 0.3) is 0 Å². The van der Waals surface area contributed by atoms with Crippen molar-refractivity contribution >= 4 is 17.0 Å². The maximum atomic E-state index is 11.8. The Bertz CT molecular complexity index is 205. The minimum atomic E-state index is -4.21. The molecule has 0 atom stereocenters. The van der Waals surface area contributed by atoms with E-state index in [0.29, 0.717) is 0 Å². The molecule has 0 spiro atoms. The molecule has 0 radical (unpaired) electrons. The lowest BCUT2D eigenvalue weighted by Gasteiger charge is -2.03. The third-order valence-electron chi connectivity index (χ3n) is 1.10. The standard InChI is InChI=1S/C7H5F3.BrH/c8-7(9,10)6-4-2-1-3-5-6;/h1-5H;1H. The van der Waals surface area contributed by atoms with Crippen LogP contribution in [0.5, 0.6) is 0 Å². The molecule has 62 valence electrons. The van der Waals surface area contributed by atoms with E-state index >= 15 is 0 Å². The fourth-order valence-electron chi connectivity index (χ4n) is 0.627. The van der Waals surface area contributed by atoms with Crippen molar-refractivity contribution in [3.05, 3.63) is 35.9 Å². The Hall–Kier alpha value is -0.510. The molecule has 0 N–H and O–H groups in total. The molecule has 0 aliphatic heterocycles. The second-order valence-electron chi connectivity index (χ2n) is 1.86. The smallest absolute Gasteiger partial charge is 0.166 e. The molecule has 0 amide bonds. The monoisotopic (exact) mass is 226 g/mol. The first-order valence-corrected chi connectivity index (χ1v) is 2.73. The molecule has 0 bridgehead atoms. The fourth-order valence-corrected chi connectivity index (χ4v) is 0.627. The predicted octanol–water partition coefficient (Wildman–Crippen LogP) is 3.28. The molecular formula is C7H6BrF3. The lowest BCUT2D eigenvalue weighted by Crippen LogP contribution is -2.03. The molecule has 0 unspecified atom stereocenters. The number of hydrogen-bond acceptors (Lipinski definition) is 0. The molecule has 1 aromatic rings. The Morgan fingerprint density at radius 3 is 1.64 bits per heavy atom. The maximum Gasteiger partial charge on any atom is 0.416 e. The zero-order valence-corrected chi connectivity index (χ0v) is 7.14. The molecule has 4 heteroatoms. The van der Waals surface area contributed by atoms with Gasteiger partial charge in [-0.25, -0.2) is 0 Å². The highest BCUT2D eigenvalue weighted by molar-refractivity contribution is 8.93. The van der Waals surface area contributed by atoms with Crippen LogP contribution in [-0.2, 0) is 6.18 Å². The normalized spacial score (nSPS) is 10.5. The van der Waals surface area contributed by atoms with Crippen LogP contribution in [0, 0.1) is 0 Å². The van der Waals surface area contributed by atoms with E-state index in [1.165, 1.54) is 12.1 Å². The van der Waals surface area contributed by atoms with Gasteiger partial charge in [0.2, 0.25) is 0 Å². The zero-order valence-electron chi connectivity index (χ0n) is 5.43. The molecule has 0 saturated carbocycles. The maximum absolute atomic E-state index is 11.8. The molecule has 0 aromatic heterocycles. The summed E-state index contributed by atoms with van der Waals surface area (Å²) in [4.78, 5) is 0. The Kier molecular flexibility index (Phi) is 3.58. The molecule has 0 fully saturated rings. The lowest BCUT2D eigenvalue weighted by atomic mass is 10.2. The fraction of sp³-hybridized carbons (Fsp3) is 0.143. The Morgan fingerprint density at radius 2 is 1.36 bits per heavy atom. The Morgan fingerprint density at radius 1 is 0.909 bits per heavy atom. The van der Waals surface area contributed by atoms with Crippen LogP contribution < -0.4 is 0 Å². The van der Waals surface area contributed by atoms with Gasteiger partial charge in [0.15, 0.2) is 0 Å². The van der Waals surface area contributed by atoms with E-state index in [4.69, 9.17) is 0 Å². The molecule has 11 heavy (non-hydrogen) atoms. The summed E-state index contributed by atoms with van der Waals surface area (Å²) >= 11 is 0. The largest absolute Gasteiger partial charge is 0.416 e. The highest BCUT2D eigenvalue weighted by atomic mass is 79.9. The van der Waals surface area contributed by atoms with E-state index in [1.54, 1.807) is 6.07 Å². The van der Waals surface area contributed by atoms with E-state index in [2.05, 4.69) is 0 Å². The molecule has 1 rings (SSSR count). The van der Waals surface area contributed by atoms with Crippen LogP contribution in [0.15, 0.2) is 30.3 Å². The first-order chi connectivity index (χ1) is 4.61. The minimum absolute atomic E-state index is 0. The highest BCUT2D eigenvalue weighted by Gasteiger charge is 2.29. The van der Waals surface area contributed by atoms with Crippen LogP contribution in [0.4, 0.5) is 13.2 Å². The van der Waals surface area contributed by atoms with Gasteiger partial charge in [-0.15, -0.1) is 17.0 Å². The van der Waals surface area contributed by atoms with E-state index in [9.17, 15) is 13.2 Å². The van der Waals surface area contributed by atoms with Crippen molar-refractivity contribution in [2.75, 3.05) is 0 Å². The summed E-state index contributed by atoms with van der Waals surface area (Å²) < 4.78 is 35.4. The van der Waals surface area contributed by atoms with E-state index < -0.39 is 11.7 Å². The SMILES string of the molecule is Br.FC(F)(F)c1ccccc1. The first kappa shape index (κ1) is 10.5. The van der Waals surface area contributed by atoms with Gasteiger partial charge in [0.1, 0.15) is 0 Å². The second-order valence-corrected chi connectivity index (χ2v) is 1.86. The van der Waals surface area contributed by atoms with Gasteiger partial charge in [0.25, 0.3) is 0 Å². The summed E-state index contributed by atoms with van der Waals surface area (Å²) in [5, 5.41) is 0. The van der Waals surface area contributed by atoms with Gasteiger partial charge in [-0.3, -0.25) is 0 Å². The Balaban J connectivity index is 0.000001000. The highest BCUT2D eigenvalue weighted by Crippen LogP contribution is 2.28. The van der Waals surface area contributed by atoms with Crippen molar-refractivity contribution in [1.29, 1.82) is 0 Å². The zero-order chi connectivity index (χ0) is 7.61. The quantitative estimate of drug-likeness (QED) is 0.637. The predicted molar refractivity (Wildman–Crippen MR) is 41.8 cm³/mol. The number of hydrogen-bond donors (Lipinski definition) is 0. The second kappa shape index (κ2) is 3.76. The number of rotatable bonds is 0. The van der Waals surface area contributed by atoms with Crippen molar-refractivity contribution < 1.29 is 13.2 Å². The topological polar surface area (TPSA) is 0 Å². The van der Waals surface area contributed by atoms with Gasteiger partial charge in [-0.1, -0.05) is 30.3 Å². The summed E-state index contributed by atoms with van der Waals surface area (Å²) in [6, 6.07) is 6.36. The van der Waals surface area contributed by atoms with Gasteiger partial charge < -0.3 is 0 Å². The summed E-state index contributed by atoms with van der Waals surface area (Å²) in [7, 11) is 0. The molecule has 0 aliphatic carbocycles. The molecule has 0 nitrogen and oxygen atoms in total. The summed E-state index contributed by atoms with van der Waals surface area (Å²) in [6.45, 7) is 0. The van der Waals surface area contributed by atoms with Gasteiger partial charge in [0.05, 0.1) is 5.56 Å². The summed E-state index contributed by atoms with van der Waals surface area (Å²) in [6.07, 6.45) is -4.21. The third-order valence-corrected chi connectivity index (χ3v) is 1.10. The molecule has 1 aromatic carbocycles. The van der Waals surface area contributed by atoms with Crippen molar-refractivity contribution in [2.45, 2.75) is 6.18 Å². The van der Waals surface area contributed by atoms with Gasteiger partial charge >= 0.3 is 6.18 Å². The summed E-state index contributed by atoms with van der Waals surface area (Å²) in [5.74, 6) is 0. The van der Waals surface area contributed by atoms with Gasteiger partial charge in [-0.05, 0) is 0 Å². The van der Waals surface area contributed by atoms with Crippen LogP contribution >= 0.6 is 17.0 Å². The molecular weight excluding hydrogens is 221 g/mol. The van der Waals surface area contributed by atoms with Crippen molar-refractivity contribution in [1.82, 2.24) is 0 Å². The molecule has 0 heterocycles.